The molecule has 0 saturated carbocycles. The summed E-state index contributed by atoms with van der Waals surface area (Å²) < 4.78 is 13.5. The average molecular weight is 205 g/mol. The lowest BCUT2D eigenvalue weighted by Gasteiger charge is -2.25. The van der Waals surface area contributed by atoms with E-state index >= 15 is 0 Å². The molecule has 0 amide bonds. The first kappa shape index (κ1) is 7.99. The van der Waals surface area contributed by atoms with Gasteiger partial charge in [0, 0.05) is 9.90 Å². The molecular weight excluding hydrogens is 195 g/mol. The molecule has 0 fully saturated rings. The van der Waals surface area contributed by atoms with Crippen LogP contribution >= 0.6 is 15.9 Å². The van der Waals surface area contributed by atoms with Crippen LogP contribution in [-0.2, 0) is 0 Å². The van der Waals surface area contributed by atoms with Crippen molar-refractivity contribution in [3.8, 4) is 0 Å². The molecule has 0 nitrogen and oxygen atoms in total. The highest BCUT2D eigenvalue weighted by molar-refractivity contribution is 9.11. The molecule has 0 N–H and O–H groups in total. The van der Waals surface area contributed by atoms with Crippen molar-refractivity contribution in [2.45, 2.75) is 20.3 Å². The number of hydrogen-bond acceptors (Lipinski definition) is 0. The van der Waals surface area contributed by atoms with Gasteiger partial charge in [0.2, 0.25) is 0 Å². The standard InChI is InChI=1S/C8H10BrF/c1-8(2)5-3-4-6(10)7(8)9/h3-4H,5H2,1-2H3. The summed E-state index contributed by atoms with van der Waals surface area (Å²) in [7, 11) is 0. The summed E-state index contributed by atoms with van der Waals surface area (Å²) in [4.78, 5) is 0. The molecule has 2 heteroatoms. The van der Waals surface area contributed by atoms with E-state index < -0.39 is 0 Å². The van der Waals surface area contributed by atoms with Crippen LogP contribution in [0.3, 0.4) is 0 Å². The molecule has 0 radical (unpaired) electrons. The lowest BCUT2D eigenvalue weighted by Crippen LogP contribution is -2.13. The first-order valence-corrected chi connectivity index (χ1v) is 4.05. The molecule has 10 heavy (non-hydrogen) atoms. The molecule has 0 aliphatic heterocycles. The highest BCUT2D eigenvalue weighted by Crippen LogP contribution is 2.40. The molecule has 0 aromatic heterocycles. The first-order chi connectivity index (χ1) is 4.54. The average Bonchev–Trinajstić information content (AvgIpc) is 1.83. The molecule has 1 aliphatic rings. The summed E-state index contributed by atoms with van der Waals surface area (Å²) in [6.07, 6.45) is 4.27. The van der Waals surface area contributed by atoms with E-state index in [4.69, 9.17) is 0 Å². The fraction of sp³-hybridized carbons (Fsp3) is 0.500. The van der Waals surface area contributed by atoms with Crippen LogP contribution in [-0.4, -0.2) is 0 Å². The highest BCUT2D eigenvalue weighted by Gasteiger charge is 2.25. The van der Waals surface area contributed by atoms with Crippen LogP contribution in [0.15, 0.2) is 22.5 Å². The third kappa shape index (κ3) is 1.31. The van der Waals surface area contributed by atoms with Gasteiger partial charge >= 0.3 is 0 Å². The molecule has 0 bridgehead atoms. The van der Waals surface area contributed by atoms with E-state index in [1.54, 1.807) is 0 Å². The Labute approximate surface area is 68.9 Å². The fourth-order valence-corrected chi connectivity index (χ4v) is 1.24. The smallest absolute Gasteiger partial charge is 0.133 e. The maximum absolute atomic E-state index is 12.8. The zero-order chi connectivity index (χ0) is 7.78. The number of hydrogen-bond donors (Lipinski definition) is 0. The van der Waals surface area contributed by atoms with Crippen molar-refractivity contribution in [2.24, 2.45) is 5.41 Å². The summed E-state index contributed by atoms with van der Waals surface area (Å²) in [6.45, 7) is 4.03. The molecule has 0 heterocycles. The summed E-state index contributed by atoms with van der Waals surface area (Å²) in [6, 6.07) is 0. The van der Waals surface area contributed by atoms with Crippen molar-refractivity contribution in [3.05, 3.63) is 22.5 Å². The summed E-state index contributed by atoms with van der Waals surface area (Å²) in [5.74, 6) is -0.142. The van der Waals surface area contributed by atoms with Gasteiger partial charge in [0.1, 0.15) is 5.83 Å². The van der Waals surface area contributed by atoms with E-state index in [0.717, 1.165) is 6.42 Å². The monoisotopic (exact) mass is 204 g/mol. The van der Waals surface area contributed by atoms with Gasteiger partial charge in [-0.3, -0.25) is 0 Å². The van der Waals surface area contributed by atoms with Crippen LogP contribution in [0, 0.1) is 5.41 Å². The van der Waals surface area contributed by atoms with Crippen LogP contribution in [0.25, 0.3) is 0 Å². The molecule has 0 atom stereocenters. The Morgan fingerprint density at radius 2 is 2.20 bits per heavy atom. The van der Waals surface area contributed by atoms with E-state index in [9.17, 15) is 4.39 Å². The molecular formula is C8H10BrF. The molecule has 0 saturated heterocycles. The lowest BCUT2D eigenvalue weighted by atomic mass is 9.86. The van der Waals surface area contributed by atoms with Gasteiger partial charge in [-0.15, -0.1) is 0 Å². The number of halogens is 2. The normalized spacial score (nSPS) is 23.6. The topological polar surface area (TPSA) is 0 Å². The van der Waals surface area contributed by atoms with Crippen LogP contribution < -0.4 is 0 Å². The Kier molecular flexibility index (Phi) is 1.99. The van der Waals surface area contributed by atoms with Crippen molar-refractivity contribution < 1.29 is 4.39 Å². The van der Waals surface area contributed by atoms with Gasteiger partial charge in [-0.05, 0) is 12.5 Å². The maximum Gasteiger partial charge on any atom is 0.133 e. The van der Waals surface area contributed by atoms with E-state index in [1.807, 2.05) is 19.9 Å². The Bertz CT molecular complexity index is 201. The Balaban J connectivity index is 2.99. The second-order valence-corrected chi connectivity index (χ2v) is 3.95. The SMILES string of the molecule is CC1(C)CC=CC(F)=C1Br. The Morgan fingerprint density at radius 1 is 1.60 bits per heavy atom. The van der Waals surface area contributed by atoms with E-state index in [1.165, 1.54) is 6.08 Å². The van der Waals surface area contributed by atoms with Crippen molar-refractivity contribution in [2.75, 3.05) is 0 Å². The molecule has 1 aliphatic carbocycles. The van der Waals surface area contributed by atoms with Gasteiger partial charge in [0.25, 0.3) is 0 Å². The summed E-state index contributed by atoms with van der Waals surface area (Å²) >= 11 is 3.23. The first-order valence-electron chi connectivity index (χ1n) is 3.26. The lowest BCUT2D eigenvalue weighted by molar-refractivity contribution is 0.453. The zero-order valence-corrected chi connectivity index (χ0v) is 7.70. The van der Waals surface area contributed by atoms with E-state index in [0.29, 0.717) is 4.48 Å². The van der Waals surface area contributed by atoms with E-state index in [2.05, 4.69) is 15.9 Å². The van der Waals surface area contributed by atoms with Crippen molar-refractivity contribution in [1.82, 2.24) is 0 Å². The quantitative estimate of drug-likeness (QED) is 0.567. The van der Waals surface area contributed by atoms with Crippen LogP contribution in [0.5, 0.6) is 0 Å². The minimum absolute atomic E-state index is 0.0567. The third-order valence-electron chi connectivity index (χ3n) is 1.70. The number of allylic oxidation sites excluding steroid dienone is 4. The predicted octanol–water partition coefficient (Wildman–Crippen LogP) is 3.55. The summed E-state index contributed by atoms with van der Waals surface area (Å²) in [5.41, 5.74) is -0.0567. The second kappa shape index (κ2) is 2.50. The zero-order valence-electron chi connectivity index (χ0n) is 6.12. The van der Waals surface area contributed by atoms with Gasteiger partial charge in [0.05, 0.1) is 0 Å². The summed E-state index contributed by atoms with van der Waals surface area (Å²) in [5, 5.41) is 0. The van der Waals surface area contributed by atoms with Gasteiger partial charge in [-0.25, -0.2) is 4.39 Å². The van der Waals surface area contributed by atoms with Gasteiger partial charge < -0.3 is 0 Å². The molecule has 0 aromatic carbocycles. The fourth-order valence-electron chi connectivity index (χ4n) is 0.943. The minimum atomic E-state index is -0.142. The van der Waals surface area contributed by atoms with Gasteiger partial charge in [-0.1, -0.05) is 35.9 Å². The Morgan fingerprint density at radius 3 is 2.60 bits per heavy atom. The van der Waals surface area contributed by atoms with Gasteiger partial charge in [0.15, 0.2) is 0 Å². The molecule has 0 unspecified atom stereocenters. The maximum atomic E-state index is 12.8. The van der Waals surface area contributed by atoms with E-state index in [-0.39, 0.29) is 11.2 Å². The largest absolute Gasteiger partial charge is 0.206 e. The predicted molar refractivity (Wildman–Crippen MR) is 44.6 cm³/mol. The molecule has 0 spiro atoms. The molecule has 0 aromatic rings. The third-order valence-corrected chi connectivity index (χ3v) is 3.15. The molecule has 1 rings (SSSR count). The van der Waals surface area contributed by atoms with Crippen LogP contribution in [0.4, 0.5) is 4.39 Å². The highest BCUT2D eigenvalue weighted by atomic mass is 79.9. The van der Waals surface area contributed by atoms with Crippen LogP contribution in [0.1, 0.15) is 20.3 Å². The molecule has 56 valence electrons. The van der Waals surface area contributed by atoms with Crippen molar-refractivity contribution in [1.29, 1.82) is 0 Å². The van der Waals surface area contributed by atoms with Crippen LogP contribution in [0.2, 0.25) is 0 Å². The van der Waals surface area contributed by atoms with Crippen molar-refractivity contribution >= 4 is 15.9 Å². The Hall–Kier alpha value is -0.110. The minimum Gasteiger partial charge on any atom is -0.206 e. The van der Waals surface area contributed by atoms with Gasteiger partial charge in [-0.2, -0.15) is 0 Å². The number of rotatable bonds is 0. The van der Waals surface area contributed by atoms with Crippen molar-refractivity contribution in [3.63, 3.8) is 0 Å². The second-order valence-electron chi connectivity index (χ2n) is 3.15.